The Balaban J connectivity index is 1.87. The van der Waals surface area contributed by atoms with Gasteiger partial charge in [0.1, 0.15) is 5.82 Å². The molecular weight excluding hydrogens is 295 g/mol. The molecule has 120 valence electrons. The Kier molecular flexibility index (Phi) is 5.60. The van der Waals surface area contributed by atoms with E-state index >= 15 is 0 Å². The SMILES string of the molecule is CC(=O)c1ccc(NC(=O)CNC(C)c2ccccc2F)cc1. The van der Waals surface area contributed by atoms with Crippen LogP contribution in [0.1, 0.15) is 35.8 Å². The summed E-state index contributed by atoms with van der Waals surface area (Å²) in [6.07, 6.45) is 0. The highest BCUT2D eigenvalue weighted by Crippen LogP contribution is 2.15. The predicted molar refractivity (Wildman–Crippen MR) is 87.9 cm³/mol. The largest absolute Gasteiger partial charge is 0.325 e. The van der Waals surface area contributed by atoms with Crippen molar-refractivity contribution in [2.45, 2.75) is 19.9 Å². The molecule has 2 aromatic rings. The second kappa shape index (κ2) is 7.65. The van der Waals surface area contributed by atoms with Gasteiger partial charge in [-0.3, -0.25) is 9.59 Å². The van der Waals surface area contributed by atoms with Crippen molar-refractivity contribution < 1.29 is 14.0 Å². The standard InChI is InChI=1S/C18H19FN2O2/c1-12(16-5-3-4-6-17(16)19)20-11-18(23)21-15-9-7-14(8-10-15)13(2)22/h3-10,12,20H,11H2,1-2H3,(H,21,23). The fourth-order valence-electron chi connectivity index (χ4n) is 2.18. The third kappa shape index (κ3) is 4.72. The first-order valence-corrected chi connectivity index (χ1v) is 7.36. The van der Waals surface area contributed by atoms with Crippen LogP contribution in [0.25, 0.3) is 0 Å². The van der Waals surface area contributed by atoms with Crippen LogP contribution < -0.4 is 10.6 Å². The van der Waals surface area contributed by atoms with Crippen molar-refractivity contribution in [3.63, 3.8) is 0 Å². The fraction of sp³-hybridized carbons (Fsp3) is 0.222. The molecule has 0 aliphatic rings. The highest BCUT2D eigenvalue weighted by molar-refractivity contribution is 5.96. The summed E-state index contributed by atoms with van der Waals surface area (Å²) in [5, 5.41) is 5.71. The number of Topliss-reactive ketones (excluding diaryl/α,β-unsaturated/α-hetero) is 1. The zero-order chi connectivity index (χ0) is 16.8. The van der Waals surface area contributed by atoms with Crippen LogP contribution in [0, 0.1) is 5.82 Å². The molecule has 5 heteroatoms. The molecule has 2 N–H and O–H groups in total. The van der Waals surface area contributed by atoms with Gasteiger partial charge in [0.2, 0.25) is 5.91 Å². The average molecular weight is 314 g/mol. The average Bonchev–Trinajstić information content (AvgIpc) is 2.53. The van der Waals surface area contributed by atoms with E-state index in [1.807, 2.05) is 0 Å². The molecule has 0 aliphatic carbocycles. The molecule has 2 aromatic carbocycles. The maximum atomic E-state index is 13.6. The van der Waals surface area contributed by atoms with E-state index in [4.69, 9.17) is 0 Å². The maximum Gasteiger partial charge on any atom is 0.238 e. The Morgan fingerprint density at radius 3 is 2.35 bits per heavy atom. The maximum absolute atomic E-state index is 13.6. The van der Waals surface area contributed by atoms with Crippen LogP contribution in [-0.4, -0.2) is 18.2 Å². The van der Waals surface area contributed by atoms with Crippen molar-refractivity contribution in [3.05, 3.63) is 65.5 Å². The van der Waals surface area contributed by atoms with Gasteiger partial charge in [-0.05, 0) is 44.2 Å². The smallest absolute Gasteiger partial charge is 0.238 e. The molecule has 0 heterocycles. The van der Waals surface area contributed by atoms with E-state index in [0.717, 1.165) is 0 Å². The quantitative estimate of drug-likeness (QED) is 0.804. The molecule has 0 fully saturated rings. The highest BCUT2D eigenvalue weighted by atomic mass is 19.1. The van der Waals surface area contributed by atoms with Gasteiger partial charge in [-0.25, -0.2) is 4.39 Å². The molecule has 0 saturated heterocycles. The normalized spacial score (nSPS) is 11.8. The van der Waals surface area contributed by atoms with Crippen molar-refractivity contribution in [1.82, 2.24) is 5.32 Å². The third-order valence-electron chi connectivity index (χ3n) is 3.52. The minimum Gasteiger partial charge on any atom is -0.325 e. The molecule has 0 aliphatic heterocycles. The molecule has 0 bridgehead atoms. The van der Waals surface area contributed by atoms with Gasteiger partial charge in [0.25, 0.3) is 0 Å². The molecule has 1 atom stereocenters. The number of amides is 1. The van der Waals surface area contributed by atoms with E-state index in [0.29, 0.717) is 16.8 Å². The monoisotopic (exact) mass is 314 g/mol. The number of rotatable bonds is 6. The Bertz CT molecular complexity index is 698. The minimum absolute atomic E-state index is 0.0248. The molecule has 0 aromatic heterocycles. The Labute approximate surface area is 134 Å². The summed E-state index contributed by atoms with van der Waals surface area (Å²) in [5.74, 6) is -0.556. The van der Waals surface area contributed by atoms with Crippen LogP contribution in [0.4, 0.5) is 10.1 Å². The van der Waals surface area contributed by atoms with Crippen LogP contribution in [0.3, 0.4) is 0 Å². The molecule has 1 unspecified atom stereocenters. The first-order valence-electron chi connectivity index (χ1n) is 7.36. The number of anilines is 1. The Morgan fingerprint density at radius 1 is 1.09 bits per heavy atom. The summed E-state index contributed by atoms with van der Waals surface area (Å²) in [5.41, 5.74) is 1.72. The second-order valence-corrected chi connectivity index (χ2v) is 5.31. The van der Waals surface area contributed by atoms with E-state index < -0.39 is 0 Å². The first-order chi connectivity index (χ1) is 11.0. The van der Waals surface area contributed by atoms with Crippen LogP contribution in [0.2, 0.25) is 0 Å². The number of carbonyl (C=O) groups is 2. The summed E-state index contributed by atoms with van der Waals surface area (Å²) >= 11 is 0. The Hall–Kier alpha value is -2.53. The van der Waals surface area contributed by atoms with Crippen LogP contribution in [0.15, 0.2) is 48.5 Å². The third-order valence-corrected chi connectivity index (χ3v) is 3.52. The number of hydrogen-bond acceptors (Lipinski definition) is 3. The van der Waals surface area contributed by atoms with Gasteiger partial charge < -0.3 is 10.6 Å². The predicted octanol–water partition coefficient (Wildman–Crippen LogP) is 3.32. The van der Waals surface area contributed by atoms with Crippen LogP contribution in [0.5, 0.6) is 0 Å². The molecular formula is C18H19FN2O2. The number of ketones is 1. The molecule has 23 heavy (non-hydrogen) atoms. The van der Waals surface area contributed by atoms with E-state index in [1.165, 1.54) is 13.0 Å². The summed E-state index contributed by atoms with van der Waals surface area (Å²) in [6.45, 7) is 3.35. The fourth-order valence-corrected chi connectivity index (χ4v) is 2.18. The molecule has 1 amide bonds. The lowest BCUT2D eigenvalue weighted by molar-refractivity contribution is -0.115. The van der Waals surface area contributed by atoms with Gasteiger partial charge in [0.05, 0.1) is 6.54 Å². The summed E-state index contributed by atoms with van der Waals surface area (Å²) in [6, 6.07) is 12.9. The lowest BCUT2D eigenvalue weighted by Crippen LogP contribution is -2.30. The molecule has 0 radical (unpaired) electrons. The minimum atomic E-state index is -0.298. The van der Waals surface area contributed by atoms with Gasteiger partial charge in [-0.15, -0.1) is 0 Å². The number of hydrogen-bond donors (Lipinski definition) is 2. The van der Waals surface area contributed by atoms with Crippen molar-refractivity contribution in [2.75, 3.05) is 11.9 Å². The summed E-state index contributed by atoms with van der Waals surface area (Å²) in [4.78, 5) is 23.1. The number of carbonyl (C=O) groups excluding carboxylic acids is 2. The summed E-state index contributed by atoms with van der Waals surface area (Å²) in [7, 11) is 0. The number of halogens is 1. The van der Waals surface area contributed by atoms with Crippen molar-refractivity contribution in [2.24, 2.45) is 0 Å². The second-order valence-electron chi connectivity index (χ2n) is 5.31. The Morgan fingerprint density at radius 2 is 1.74 bits per heavy atom. The van der Waals surface area contributed by atoms with Crippen molar-refractivity contribution in [3.8, 4) is 0 Å². The molecule has 4 nitrogen and oxygen atoms in total. The zero-order valence-electron chi connectivity index (χ0n) is 13.1. The van der Waals surface area contributed by atoms with Gasteiger partial charge >= 0.3 is 0 Å². The lowest BCUT2D eigenvalue weighted by atomic mass is 10.1. The lowest BCUT2D eigenvalue weighted by Gasteiger charge is -2.15. The van der Waals surface area contributed by atoms with Crippen LogP contribution >= 0.6 is 0 Å². The van der Waals surface area contributed by atoms with E-state index in [-0.39, 0.29) is 30.1 Å². The number of benzene rings is 2. The van der Waals surface area contributed by atoms with Crippen molar-refractivity contribution >= 4 is 17.4 Å². The van der Waals surface area contributed by atoms with E-state index in [2.05, 4.69) is 10.6 Å². The molecule has 0 spiro atoms. The summed E-state index contributed by atoms with van der Waals surface area (Å²) < 4.78 is 13.6. The van der Waals surface area contributed by atoms with Gasteiger partial charge in [0.15, 0.2) is 5.78 Å². The van der Waals surface area contributed by atoms with E-state index in [9.17, 15) is 14.0 Å². The topological polar surface area (TPSA) is 58.2 Å². The zero-order valence-corrected chi connectivity index (χ0v) is 13.1. The molecule has 0 saturated carbocycles. The van der Waals surface area contributed by atoms with Gasteiger partial charge in [0, 0.05) is 22.9 Å². The highest BCUT2D eigenvalue weighted by Gasteiger charge is 2.11. The van der Waals surface area contributed by atoms with E-state index in [1.54, 1.807) is 49.4 Å². The van der Waals surface area contributed by atoms with Gasteiger partial charge in [-0.1, -0.05) is 18.2 Å². The van der Waals surface area contributed by atoms with Gasteiger partial charge in [-0.2, -0.15) is 0 Å². The first kappa shape index (κ1) is 16.8. The molecule has 2 rings (SSSR count). The van der Waals surface area contributed by atoms with Crippen molar-refractivity contribution in [1.29, 1.82) is 0 Å². The number of nitrogens with one attached hydrogen (secondary N) is 2. The van der Waals surface area contributed by atoms with Crippen LogP contribution in [-0.2, 0) is 4.79 Å².